The Bertz CT molecular complexity index is 448. The molecule has 0 atom stereocenters. The molecule has 2 fully saturated rings. The molecule has 1 aromatic rings. The van der Waals surface area contributed by atoms with Gasteiger partial charge in [0.15, 0.2) is 0 Å². The van der Waals surface area contributed by atoms with E-state index in [9.17, 15) is 0 Å². The number of anilines is 2. The Morgan fingerprint density at radius 2 is 1.74 bits per heavy atom. The van der Waals surface area contributed by atoms with Gasteiger partial charge in [0.05, 0.1) is 0 Å². The maximum Gasteiger partial charge on any atom is 0.136 e. The van der Waals surface area contributed by atoms with Crippen molar-refractivity contribution in [2.75, 3.05) is 17.2 Å². The Morgan fingerprint density at radius 1 is 1.05 bits per heavy atom. The quantitative estimate of drug-likeness (QED) is 0.851. The molecule has 2 N–H and O–H groups in total. The minimum atomic E-state index is 0.599. The Kier molecular flexibility index (Phi) is 3.58. The zero-order chi connectivity index (χ0) is 13.2. The van der Waals surface area contributed by atoms with E-state index in [1.807, 2.05) is 0 Å². The van der Waals surface area contributed by atoms with Gasteiger partial charge in [-0.15, -0.1) is 0 Å². The third-order valence-corrected chi connectivity index (χ3v) is 4.15. The van der Waals surface area contributed by atoms with Crippen molar-refractivity contribution >= 4 is 11.6 Å². The second kappa shape index (κ2) is 5.35. The summed E-state index contributed by atoms with van der Waals surface area (Å²) < 4.78 is 0. The number of hydrogen-bond acceptors (Lipinski definition) is 4. The van der Waals surface area contributed by atoms with Gasteiger partial charge in [0.25, 0.3) is 0 Å². The summed E-state index contributed by atoms with van der Waals surface area (Å²) in [5.41, 5.74) is 1.16. The molecule has 4 heteroatoms. The number of nitrogens with zero attached hydrogens (tertiary/aromatic N) is 2. The van der Waals surface area contributed by atoms with Gasteiger partial charge in [0.1, 0.15) is 17.5 Å². The molecule has 104 valence electrons. The Hall–Kier alpha value is -1.32. The molecule has 19 heavy (non-hydrogen) atoms. The first-order valence-electron chi connectivity index (χ1n) is 7.67. The van der Waals surface area contributed by atoms with E-state index in [2.05, 4.69) is 24.5 Å². The lowest BCUT2D eigenvalue weighted by molar-refractivity contribution is 0.744. The second-order valence-electron chi connectivity index (χ2n) is 5.83. The average molecular weight is 260 g/mol. The van der Waals surface area contributed by atoms with Crippen molar-refractivity contribution < 1.29 is 0 Å². The van der Waals surface area contributed by atoms with E-state index in [0.29, 0.717) is 12.0 Å². The lowest BCUT2D eigenvalue weighted by atomic mass is 10.2. The predicted molar refractivity (Wildman–Crippen MR) is 78.8 cm³/mol. The van der Waals surface area contributed by atoms with Gasteiger partial charge < -0.3 is 10.6 Å². The average Bonchev–Trinajstić information content (AvgIpc) is 3.13. The largest absolute Gasteiger partial charge is 0.370 e. The van der Waals surface area contributed by atoms with Crippen LogP contribution >= 0.6 is 0 Å². The first-order chi connectivity index (χ1) is 9.28. The Labute approximate surface area is 115 Å². The van der Waals surface area contributed by atoms with Crippen LogP contribution in [0.3, 0.4) is 0 Å². The van der Waals surface area contributed by atoms with Crippen LogP contribution in [0, 0.1) is 6.92 Å². The number of aromatic nitrogens is 2. The molecular weight excluding hydrogens is 236 g/mol. The molecule has 4 nitrogen and oxygen atoms in total. The molecule has 0 aliphatic heterocycles. The molecule has 0 radical (unpaired) electrons. The summed E-state index contributed by atoms with van der Waals surface area (Å²) in [5, 5.41) is 7.01. The van der Waals surface area contributed by atoms with Gasteiger partial charge in [0, 0.05) is 24.1 Å². The highest BCUT2D eigenvalue weighted by atomic mass is 15.1. The normalized spacial score (nSPS) is 19.7. The van der Waals surface area contributed by atoms with Crippen LogP contribution in [-0.2, 0) is 0 Å². The van der Waals surface area contributed by atoms with Crippen LogP contribution in [0.2, 0.25) is 0 Å². The number of hydrogen-bond donors (Lipinski definition) is 2. The van der Waals surface area contributed by atoms with Crippen molar-refractivity contribution in [1.82, 2.24) is 9.97 Å². The van der Waals surface area contributed by atoms with Crippen molar-refractivity contribution in [2.45, 2.75) is 64.3 Å². The van der Waals surface area contributed by atoms with Crippen LogP contribution in [0.1, 0.15) is 62.8 Å². The molecule has 0 saturated heterocycles. The van der Waals surface area contributed by atoms with Gasteiger partial charge in [-0.1, -0.05) is 12.8 Å². The fraction of sp³-hybridized carbons (Fsp3) is 0.733. The van der Waals surface area contributed by atoms with Gasteiger partial charge in [0.2, 0.25) is 0 Å². The molecule has 0 spiro atoms. The molecule has 2 saturated carbocycles. The zero-order valence-corrected chi connectivity index (χ0v) is 12.0. The minimum Gasteiger partial charge on any atom is -0.370 e. The third-order valence-electron chi connectivity index (χ3n) is 4.15. The van der Waals surface area contributed by atoms with Gasteiger partial charge in [-0.25, -0.2) is 9.97 Å². The highest BCUT2D eigenvalue weighted by molar-refractivity contribution is 5.58. The van der Waals surface area contributed by atoms with Gasteiger partial charge in [-0.05, 0) is 39.5 Å². The molecule has 0 amide bonds. The first kappa shape index (κ1) is 12.7. The summed E-state index contributed by atoms with van der Waals surface area (Å²) in [5.74, 6) is 3.70. The van der Waals surface area contributed by atoms with Crippen molar-refractivity contribution in [3.8, 4) is 0 Å². The van der Waals surface area contributed by atoms with Crippen molar-refractivity contribution in [2.24, 2.45) is 0 Å². The molecule has 0 unspecified atom stereocenters. The SMILES string of the molecule is CCNc1nc(C2CC2)nc(NC2CCCC2)c1C. The minimum absolute atomic E-state index is 0.599. The first-order valence-corrected chi connectivity index (χ1v) is 7.67. The van der Waals surface area contributed by atoms with E-state index < -0.39 is 0 Å². The second-order valence-corrected chi connectivity index (χ2v) is 5.83. The van der Waals surface area contributed by atoms with E-state index in [-0.39, 0.29) is 0 Å². The predicted octanol–water partition coefficient (Wildman–Crippen LogP) is 3.45. The van der Waals surface area contributed by atoms with Gasteiger partial charge in [-0.2, -0.15) is 0 Å². The standard InChI is InChI=1S/C15H24N4/c1-3-16-13-10(2)14(17-12-6-4-5-7-12)19-15(18-13)11-8-9-11/h11-12H,3-9H2,1-2H3,(H2,16,17,18,19). The maximum atomic E-state index is 4.78. The van der Waals surface area contributed by atoms with Crippen LogP contribution in [-0.4, -0.2) is 22.6 Å². The van der Waals surface area contributed by atoms with Crippen LogP contribution in [0.5, 0.6) is 0 Å². The monoisotopic (exact) mass is 260 g/mol. The number of rotatable bonds is 5. The molecule has 2 aliphatic carbocycles. The van der Waals surface area contributed by atoms with Crippen LogP contribution in [0.25, 0.3) is 0 Å². The van der Waals surface area contributed by atoms with Gasteiger partial charge >= 0.3 is 0 Å². The van der Waals surface area contributed by atoms with Gasteiger partial charge in [-0.3, -0.25) is 0 Å². The van der Waals surface area contributed by atoms with Crippen molar-refractivity contribution in [3.05, 3.63) is 11.4 Å². The Morgan fingerprint density at radius 3 is 2.37 bits per heavy atom. The van der Waals surface area contributed by atoms with Crippen LogP contribution < -0.4 is 10.6 Å². The van der Waals surface area contributed by atoms with Crippen LogP contribution in [0.15, 0.2) is 0 Å². The smallest absolute Gasteiger partial charge is 0.136 e. The summed E-state index contributed by atoms with van der Waals surface area (Å²) in [6.45, 7) is 5.14. The zero-order valence-electron chi connectivity index (χ0n) is 12.0. The van der Waals surface area contributed by atoms with E-state index >= 15 is 0 Å². The fourth-order valence-corrected chi connectivity index (χ4v) is 2.80. The molecule has 3 rings (SSSR count). The molecule has 0 aromatic carbocycles. The van der Waals surface area contributed by atoms with Crippen LogP contribution in [0.4, 0.5) is 11.6 Å². The third kappa shape index (κ3) is 2.82. The summed E-state index contributed by atoms with van der Waals surface area (Å²) in [4.78, 5) is 9.48. The topological polar surface area (TPSA) is 49.8 Å². The highest BCUT2D eigenvalue weighted by Crippen LogP contribution is 2.39. The summed E-state index contributed by atoms with van der Waals surface area (Å²) >= 11 is 0. The molecule has 1 heterocycles. The lowest BCUT2D eigenvalue weighted by Crippen LogP contribution is -2.18. The molecule has 0 bridgehead atoms. The van der Waals surface area contributed by atoms with E-state index in [1.54, 1.807) is 0 Å². The Balaban J connectivity index is 1.86. The molecule has 1 aromatic heterocycles. The van der Waals surface area contributed by atoms with Crippen molar-refractivity contribution in [1.29, 1.82) is 0 Å². The maximum absolute atomic E-state index is 4.78. The number of nitrogens with one attached hydrogen (secondary N) is 2. The van der Waals surface area contributed by atoms with E-state index in [1.165, 1.54) is 38.5 Å². The summed E-state index contributed by atoms with van der Waals surface area (Å²) in [7, 11) is 0. The summed E-state index contributed by atoms with van der Waals surface area (Å²) in [6, 6.07) is 0.607. The van der Waals surface area contributed by atoms with E-state index in [4.69, 9.17) is 9.97 Å². The van der Waals surface area contributed by atoms with Crippen molar-refractivity contribution in [3.63, 3.8) is 0 Å². The lowest BCUT2D eigenvalue weighted by Gasteiger charge is -2.18. The molecular formula is C15H24N4. The fourth-order valence-electron chi connectivity index (χ4n) is 2.80. The molecule has 2 aliphatic rings. The van der Waals surface area contributed by atoms with E-state index in [0.717, 1.165) is 29.6 Å². The highest BCUT2D eigenvalue weighted by Gasteiger charge is 2.28. The summed E-state index contributed by atoms with van der Waals surface area (Å²) in [6.07, 6.45) is 7.74.